The Balaban J connectivity index is 2.42. The van der Waals surface area contributed by atoms with Crippen LogP contribution < -0.4 is 19.5 Å². The number of benzene rings is 1. The minimum Gasteiger partial charge on any atom is -0.492 e. The molecule has 0 saturated heterocycles. The Morgan fingerprint density at radius 2 is 1.68 bits per heavy atom. The quantitative estimate of drug-likeness (QED) is 0.900. The Morgan fingerprint density at radius 1 is 1.00 bits per heavy atom. The van der Waals surface area contributed by atoms with E-state index in [0.717, 1.165) is 29.7 Å². The maximum Gasteiger partial charge on any atom is 0.260 e. The number of amides is 1. The van der Waals surface area contributed by atoms with Gasteiger partial charge in [-0.25, -0.2) is 0 Å². The molecule has 0 saturated carbocycles. The average molecular weight is 261 g/mol. The maximum atomic E-state index is 12.1. The number of rotatable bonds is 3. The van der Waals surface area contributed by atoms with Crippen LogP contribution >= 0.6 is 0 Å². The van der Waals surface area contributed by atoms with Crippen LogP contribution in [0.5, 0.6) is 17.2 Å². The monoisotopic (exact) mass is 261 g/mol. The molecule has 0 atom stereocenters. The Labute approximate surface area is 111 Å². The second-order valence-electron chi connectivity index (χ2n) is 4.44. The summed E-state index contributed by atoms with van der Waals surface area (Å²) in [5.74, 6) is 1.42. The number of nitrogens with one attached hydrogen (secondary N) is 1. The van der Waals surface area contributed by atoms with Gasteiger partial charge in [-0.05, 0) is 12.8 Å². The van der Waals surface area contributed by atoms with Crippen molar-refractivity contribution in [3.05, 3.63) is 22.8 Å². The SMILES string of the molecule is COc1c2c3c(c(OC)c1OC)C(=O)NC3=CCC2. The zero-order chi connectivity index (χ0) is 13.6. The first-order valence-electron chi connectivity index (χ1n) is 6.09. The number of hydrogen-bond donors (Lipinski definition) is 1. The molecule has 100 valence electrons. The molecule has 0 aromatic heterocycles. The van der Waals surface area contributed by atoms with E-state index in [1.54, 1.807) is 14.2 Å². The topological polar surface area (TPSA) is 56.8 Å². The van der Waals surface area contributed by atoms with Crippen molar-refractivity contribution < 1.29 is 19.0 Å². The van der Waals surface area contributed by atoms with Crippen molar-refractivity contribution in [1.29, 1.82) is 0 Å². The van der Waals surface area contributed by atoms with Crippen LogP contribution in [0.3, 0.4) is 0 Å². The molecule has 5 nitrogen and oxygen atoms in total. The number of hydrogen-bond acceptors (Lipinski definition) is 4. The van der Waals surface area contributed by atoms with Gasteiger partial charge in [0, 0.05) is 16.8 Å². The summed E-state index contributed by atoms with van der Waals surface area (Å²) in [5.41, 5.74) is 3.29. The lowest BCUT2D eigenvalue weighted by Crippen LogP contribution is -2.13. The molecule has 1 aromatic rings. The molecule has 1 aliphatic heterocycles. The highest BCUT2D eigenvalue weighted by atomic mass is 16.5. The fourth-order valence-corrected chi connectivity index (χ4v) is 2.84. The highest BCUT2D eigenvalue weighted by molar-refractivity contribution is 6.13. The highest BCUT2D eigenvalue weighted by Gasteiger charge is 2.37. The van der Waals surface area contributed by atoms with E-state index in [9.17, 15) is 4.79 Å². The fourth-order valence-electron chi connectivity index (χ4n) is 2.84. The van der Waals surface area contributed by atoms with Crippen LogP contribution in [0, 0.1) is 0 Å². The summed E-state index contributed by atoms with van der Waals surface area (Å²) >= 11 is 0. The third-order valence-electron chi connectivity index (χ3n) is 3.57. The van der Waals surface area contributed by atoms with Crippen molar-refractivity contribution in [1.82, 2.24) is 5.32 Å². The molecule has 0 unspecified atom stereocenters. The van der Waals surface area contributed by atoms with Gasteiger partial charge < -0.3 is 19.5 Å². The van der Waals surface area contributed by atoms with E-state index in [2.05, 4.69) is 5.32 Å². The Bertz CT molecular complexity index is 599. The minimum atomic E-state index is -0.151. The average Bonchev–Trinajstić information content (AvgIpc) is 2.76. The summed E-state index contributed by atoms with van der Waals surface area (Å²) in [4.78, 5) is 12.1. The minimum absolute atomic E-state index is 0.151. The highest BCUT2D eigenvalue weighted by Crippen LogP contribution is 2.50. The molecule has 1 heterocycles. The smallest absolute Gasteiger partial charge is 0.260 e. The zero-order valence-corrected chi connectivity index (χ0v) is 11.1. The molecule has 0 spiro atoms. The van der Waals surface area contributed by atoms with Gasteiger partial charge in [-0.2, -0.15) is 0 Å². The van der Waals surface area contributed by atoms with Crippen molar-refractivity contribution >= 4 is 11.6 Å². The van der Waals surface area contributed by atoms with E-state index in [1.165, 1.54) is 7.11 Å². The summed E-state index contributed by atoms with van der Waals surface area (Å²) in [7, 11) is 4.67. The summed E-state index contributed by atoms with van der Waals surface area (Å²) in [6, 6.07) is 0. The van der Waals surface area contributed by atoms with Crippen molar-refractivity contribution in [2.45, 2.75) is 12.8 Å². The van der Waals surface area contributed by atoms with Crippen LogP contribution in [0.2, 0.25) is 0 Å². The molecule has 0 radical (unpaired) electrons. The molecular formula is C14H15NO4. The molecule has 2 aliphatic rings. The van der Waals surface area contributed by atoms with E-state index in [-0.39, 0.29) is 5.91 Å². The van der Waals surface area contributed by atoms with Crippen LogP contribution in [0.25, 0.3) is 5.70 Å². The lowest BCUT2D eigenvalue weighted by Gasteiger charge is -2.21. The van der Waals surface area contributed by atoms with Gasteiger partial charge >= 0.3 is 0 Å². The van der Waals surface area contributed by atoms with Gasteiger partial charge in [-0.15, -0.1) is 0 Å². The number of carbonyl (C=O) groups excluding carboxylic acids is 1. The van der Waals surface area contributed by atoms with Gasteiger partial charge in [0.25, 0.3) is 5.91 Å². The van der Waals surface area contributed by atoms with Crippen molar-refractivity contribution in [2.24, 2.45) is 0 Å². The van der Waals surface area contributed by atoms with Crippen LogP contribution in [-0.2, 0) is 6.42 Å². The predicted molar refractivity (Wildman–Crippen MR) is 69.9 cm³/mol. The van der Waals surface area contributed by atoms with E-state index in [1.807, 2.05) is 6.08 Å². The molecule has 19 heavy (non-hydrogen) atoms. The molecule has 5 heteroatoms. The zero-order valence-electron chi connectivity index (χ0n) is 11.1. The standard InChI is InChI=1S/C14H15NO4/c1-17-11-7-5-4-6-8-9(7)10(14(16)15-8)12(18-2)13(11)19-3/h6H,4-5H2,1-3H3,(H,15,16). The van der Waals surface area contributed by atoms with Gasteiger partial charge in [0.1, 0.15) is 0 Å². The van der Waals surface area contributed by atoms with Crippen molar-refractivity contribution in [3.63, 3.8) is 0 Å². The third kappa shape index (κ3) is 1.44. The number of allylic oxidation sites excluding steroid dienone is 1. The van der Waals surface area contributed by atoms with E-state index < -0.39 is 0 Å². The second kappa shape index (κ2) is 4.19. The summed E-state index contributed by atoms with van der Waals surface area (Å²) < 4.78 is 16.2. The first-order valence-corrected chi connectivity index (χ1v) is 6.09. The van der Waals surface area contributed by atoms with Crippen LogP contribution in [0.4, 0.5) is 0 Å². The van der Waals surface area contributed by atoms with Crippen LogP contribution in [0.15, 0.2) is 6.08 Å². The molecule has 3 rings (SSSR count). The number of methoxy groups -OCH3 is 3. The predicted octanol–water partition coefficient (Wildman–Crippen LogP) is 1.74. The fraction of sp³-hybridized carbons (Fsp3) is 0.357. The lowest BCUT2D eigenvalue weighted by atomic mass is 9.91. The van der Waals surface area contributed by atoms with Gasteiger partial charge in [0.2, 0.25) is 5.75 Å². The van der Waals surface area contributed by atoms with E-state index in [0.29, 0.717) is 22.8 Å². The molecule has 1 aliphatic carbocycles. The summed E-state index contributed by atoms with van der Waals surface area (Å²) in [6.45, 7) is 0. The van der Waals surface area contributed by atoms with Crippen molar-refractivity contribution in [2.75, 3.05) is 21.3 Å². The third-order valence-corrected chi connectivity index (χ3v) is 3.57. The summed E-state index contributed by atoms with van der Waals surface area (Å²) in [6.07, 6.45) is 3.72. The maximum absolute atomic E-state index is 12.1. The lowest BCUT2D eigenvalue weighted by molar-refractivity contribution is 0.0977. The molecule has 0 fully saturated rings. The molecule has 1 amide bonds. The first-order chi connectivity index (χ1) is 9.22. The van der Waals surface area contributed by atoms with Gasteiger partial charge in [-0.3, -0.25) is 4.79 Å². The molecule has 1 N–H and O–H groups in total. The van der Waals surface area contributed by atoms with Crippen LogP contribution in [-0.4, -0.2) is 27.2 Å². The Morgan fingerprint density at radius 3 is 2.32 bits per heavy atom. The Hall–Kier alpha value is -2.17. The van der Waals surface area contributed by atoms with Crippen LogP contribution in [0.1, 0.15) is 27.9 Å². The molecule has 0 bridgehead atoms. The second-order valence-corrected chi connectivity index (χ2v) is 4.44. The Kier molecular flexibility index (Phi) is 2.62. The van der Waals surface area contributed by atoms with Gasteiger partial charge in [0.15, 0.2) is 11.5 Å². The molecule has 1 aromatic carbocycles. The van der Waals surface area contributed by atoms with Gasteiger partial charge in [-0.1, -0.05) is 6.08 Å². The first kappa shape index (κ1) is 11.9. The van der Waals surface area contributed by atoms with E-state index >= 15 is 0 Å². The van der Waals surface area contributed by atoms with Crippen molar-refractivity contribution in [3.8, 4) is 17.2 Å². The number of carbonyl (C=O) groups is 1. The molecular weight excluding hydrogens is 246 g/mol. The van der Waals surface area contributed by atoms with E-state index in [4.69, 9.17) is 14.2 Å². The summed E-state index contributed by atoms with van der Waals surface area (Å²) in [5, 5.41) is 2.87. The largest absolute Gasteiger partial charge is 0.492 e. The number of ether oxygens (including phenoxy) is 3. The normalized spacial score (nSPS) is 15.5. The van der Waals surface area contributed by atoms with Gasteiger partial charge in [0.05, 0.1) is 26.9 Å².